The Hall–Kier alpha value is -1.83. The summed E-state index contributed by atoms with van der Waals surface area (Å²) in [7, 11) is 0. The van der Waals surface area contributed by atoms with Crippen LogP contribution in [0.5, 0.6) is 0 Å². The first-order valence-corrected chi connectivity index (χ1v) is 5.44. The minimum atomic E-state index is -0.261. The van der Waals surface area contributed by atoms with Gasteiger partial charge in [-0.3, -0.25) is 0 Å². The molecule has 0 atom stereocenters. The van der Waals surface area contributed by atoms with Crippen molar-refractivity contribution < 1.29 is 9.53 Å². The van der Waals surface area contributed by atoms with Crippen molar-refractivity contribution in [3.05, 3.63) is 59.3 Å². The van der Waals surface area contributed by atoms with Gasteiger partial charge in [0, 0.05) is 0 Å². The van der Waals surface area contributed by atoms with E-state index in [1.54, 1.807) is 0 Å². The number of rotatable bonds is 2. The molecule has 0 bridgehead atoms. The van der Waals surface area contributed by atoms with Gasteiger partial charge in [0.2, 0.25) is 0 Å². The zero-order valence-corrected chi connectivity index (χ0v) is 9.27. The van der Waals surface area contributed by atoms with Crippen LogP contribution in [0.15, 0.2) is 59.3 Å². The lowest BCUT2D eigenvalue weighted by molar-refractivity contribution is -0.138. The van der Waals surface area contributed by atoms with Crippen LogP contribution in [0.4, 0.5) is 0 Å². The fourth-order valence-electron chi connectivity index (χ4n) is 1.69. The Balaban J connectivity index is 2.24. The van der Waals surface area contributed by atoms with Gasteiger partial charge in [0.05, 0.1) is 12.2 Å². The van der Waals surface area contributed by atoms with E-state index in [1.165, 1.54) is 5.57 Å². The van der Waals surface area contributed by atoms with Gasteiger partial charge in [-0.1, -0.05) is 30.4 Å². The van der Waals surface area contributed by atoms with Gasteiger partial charge in [0.15, 0.2) is 0 Å². The van der Waals surface area contributed by atoms with E-state index in [9.17, 15) is 4.79 Å². The molecule has 2 nitrogen and oxygen atoms in total. The first kappa shape index (κ1) is 10.7. The molecule has 0 aromatic heterocycles. The van der Waals surface area contributed by atoms with Gasteiger partial charge < -0.3 is 4.74 Å². The summed E-state index contributed by atoms with van der Waals surface area (Å²) in [6, 6.07) is 0. The Morgan fingerprint density at radius 1 is 1.31 bits per heavy atom. The summed E-state index contributed by atoms with van der Waals surface area (Å²) in [5, 5.41) is 0. The summed E-state index contributed by atoms with van der Waals surface area (Å²) in [4.78, 5) is 11.6. The highest BCUT2D eigenvalue weighted by molar-refractivity contribution is 5.92. The molecular formula is C14H14O2. The average Bonchev–Trinajstić information content (AvgIpc) is 2.51. The van der Waals surface area contributed by atoms with Gasteiger partial charge in [0.25, 0.3) is 0 Å². The minimum Gasteiger partial charge on any atom is -0.462 e. The quantitative estimate of drug-likeness (QED) is 0.661. The predicted octanol–water partition coefficient (Wildman–Crippen LogP) is 2.86. The summed E-state index contributed by atoms with van der Waals surface area (Å²) in [6.07, 6.45) is 14.7. The van der Waals surface area contributed by atoms with Crippen molar-refractivity contribution in [2.75, 3.05) is 6.61 Å². The molecule has 0 radical (unpaired) electrons. The molecule has 0 N–H and O–H groups in total. The fourth-order valence-corrected chi connectivity index (χ4v) is 1.69. The van der Waals surface area contributed by atoms with Crippen LogP contribution in [0.25, 0.3) is 0 Å². The van der Waals surface area contributed by atoms with Crippen molar-refractivity contribution >= 4 is 5.97 Å². The Labute approximate surface area is 95.3 Å². The van der Waals surface area contributed by atoms with Crippen molar-refractivity contribution in [2.45, 2.75) is 13.3 Å². The van der Waals surface area contributed by atoms with E-state index in [1.807, 2.05) is 43.4 Å². The third-order valence-electron chi connectivity index (χ3n) is 2.54. The summed E-state index contributed by atoms with van der Waals surface area (Å²) in [6.45, 7) is 2.22. The van der Waals surface area contributed by atoms with Gasteiger partial charge in [-0.25, -0.2) is 4.79 Å². The Morgan fingerprint density at radius 2 is 2.19 bits per heavy atom. The van der Waals surface area contributed by atoms with E-state index in [-0.39, 0.29) is 5.97 Å². The van der Waals surface area contributed by atoms with Crippen LogP contribution < -0.4 is 0 Å². The van der Waals surface area contributed by atoms with Crippen LogP contribution in [0, 0.1) is 0 Å². The maximum atomic E-state index is 11.6. The van der Waals surface area contributed by atoms with Crippen LogP contribution in [0.1, 0.15) is 13.3 Å². The van der Waals surface area contributed by atoms with Gasteiger partial charge in [-0.05, 0) is 36.6 Å². The number of allylic oxidation sites excluding steroid dienone is 8. The lowest BCUT2D eigenvalue weighted by Gasteiger charge is -2.07. The molecule has 0 aromatic rings. The lowest BCUT2D eigenvalue weighted by atomic mass is 9.98. The van der Waals surface area contributed by atoms with Crippen molar-refractivity contribution in [2.24, 2.45) is 0 Å². The highest BCUT2D eigenvalue weighted by Gasteiger charge is 2.11. The van der Waals surface area contributed by atoms with Crippen LogP contribution in [0.3, 0.4) is 0 Å². The number of fused-ring (bicyclic) bond motifs is 1. The third kappa shape index (κ3) is 2.22. The summed E-state index contributed by atoms with van der Waals surface area (Å²) in [5.41, 5.74) is 3.00. The molecule has 0 aliphatic heterocycles. The summed E-state index contributed by atoms with van der Waals surface area (Å²) < 4.78 is 4.97. The predicted molar refractivity (Wildman–Crippen MR) is 63.8 cm³/mol. The molecule has 0 aromatic carbocycles. The Bertz CT molecular complexity index is 445. The molecule has 0 heterocycles. The molecule has 2 aliphatic carbocycles. The lowest BCUT2D eigenvalue weighted by Crippen LogP contribution is -2.05. The molecule has 0 saturated heterocycles. The second-order valence-corrected chi connectivity index (χ2v) is 3.62. The van der Waals surface area contributed by atoms with Crippen molar-refractivity contribution in [3.63, 3.8) is 0 Å². The van der Waals surface area contributed by atoms with Crippen LogP contribution >= 0.6 is 0 Å². The van der Waals surface area contributed by atoms with Gasteiger partial charge >= 0.3 is 5.97 Å². The Kier molecular flexibility index (Phi) is 3.20. The molecule has 2 heteroatoms. The largest absolute Gasteiger partial charge is 0.462 e. The van der Waals surface area contributed by atoms with Crippen molar-refractivity contribution in [3.8, 4) is 0 Å². The van der Waals surface area contributed by atoms with E-state index >= 15 is 0 Å². The number of carbonyl (C=O) groups excluding carboxylic acids is 1. The number of hydrogen-bond acceptors (Lipinski definition) is 2. The van der Waals surface area contributed by atoms with Crippen LogP contribution in [0.2, 0.25) is 0 Å². The maximum Gasteiger partial charge on any atom is 0.338 e. The highest BCUT2D eigenvalue weighted by atomic mass is 16.5. The third-order valence-corrected chi connectivity index (χ3v) is 2.54. The second kappa shape index (κ2) is 4.79. The summed E-state index contributed by atoms with van der Waals surface area (Å²) >= 11 is 0. The van der Waals surface area contributed by atoms with E-state index in [4.69, 9.17) is 4.74 Å². The number of ether oxygens (including phenoxy) is 1. The van der Waals surface area contributed by atoms with Gasteiger partial charge in [-0.15, -0.1) is 0 Å². The zero-order valence-electron chi connectivity index (χ0n) is 9.27. The highest BCUT2D eigenvalue weighted by Crippen LogP contribution is 2.24. The molecule has 0 spiro atoms. The molecule has 2 rings (SSSR count). The van der Waals surface area contributed by atoms with E-state index in [2.05, 4.69) is 6.08 Å². The van der Waals surface area contributed by atoms with Crippen molar-refractivity contribution in [1.29, 1.82) is 0 Å². The topological polar surface area (TPSA) is 26.3 Å². The molecule has 82 valence electrons. The molecule has 2 aliphatic rings. The zero-order chi connectivity index (χ0) is 11.4. The van der Waals surface area contributed by atoms with Crippen molar-refractivity contribution in [1.82, 2.24) is 0 Å². The monoisotopic (exact) mass is 214 g/mol. The minimum absolute atomic E-state index is 0.261. The van der Waals surface area contributed by atoms with Gasteiger partial charge in [0.1, 0.15) is 0 Å². The maximum absolute atomic E-state index is 11.6. The molecule has 16 heavy (non-hydrogen) atoms. The average molecular weight is 214 g/mol. The van der Waals surface area contributed by atoms with E-state index < -0.39 is 0 Å². The molecule has 0 amide bonds. The smallest absolute Gasteiger partial charge is 0.338 e. The van der Waals surface area contributed by atoms with E-state index in [0.29, 0.717) is 12.2 Å². The summed E-state index contributed by atoms with van der Waals surface area (Å²) in [5.74, 6) is -0.261. The second-order valence-electron chi connectivity index (χ2n) is 3.62. The fraction of sp³-hybridized carbons (Fsp3) is 0.214. The van der Waals surface area contributed by atoms with Gasteiger partial charge in [-0.2, -0.15) is 0 Å². The number of carbonyl (C=O) groups is 1. The van der Waals surface area contributed by atoms with Crippen LogP contribution in [-0.4, -0.2) is 12.6 Å². The molecular weight excluding hydrogens is 200 g/mol. The normalized spacial score (nSPS) is 17.9. The number of esters is 1. The van der Waals surface area contributed by atoms with E-state index in [0.717, 1.165) is 12.0 Å². The SMILES string of the molecule is CCOC(=O)C1=CC=C2CC=CC=C2C=C1. The Morgan fingerprint density at radius 3 is 3.00 bits per heavy atom. The standard InChI is InChI=1S/C14H14O2/c1-2-16-14(15)13-9-7-11-5-3-4-6-12(11)8-10-13/h3-5,7-10H,2,6H2,1H3. The first-order chi connectivity index (χ1) is 7.81. The first-order valence-electron chi connectivity index (χ1n) is 5.44. The molecule has 0 fully saturated rings. The number of hydrogen-bond donors (Lipinski definition) is 0. The van der Waals surface area contributed by atoms with Crippen LogP contribution in [-0.2, 0) is 9.53 Å². The molecule has 0 unspecified atom stereocenters. The molecule has 0 saturated carbocycles.